The van der Waals surface area contributed by atoms with E-state index in [0.717, 1.165) is 34.8 Å². The Hall–Kier alpha value is -1.92. The Morgan fingerprint density at radius 3 is 2.55 bits per heavy atom. The average molecular weight is 474 g/mol. The number of rotatable bonds is 5. The topological polar surface area (TPSA) is 59.8 Å². The van der Waals surface area contributed by atoms with E-state index < -0.39 is 0 Å². The molecule has 7 heteroatoms. The SMILES string of the molecule is CCC(NC(=O)c1ccc(Cl)cc1)[C@H]1[C@@H]2C[C@@H](n3nc4ccc(Br)cc4n3)C[C@@H]21. The Morgan fingerprint density at radius 2 is 1.86 bits per heavy atom. The second-order valence-electron chi connectivity index (χ2n) is 8.18. The monoisotopic (exact) mass is 472 g/mol. The van der Waals surface area contributed by atoms with Crippen molar-refractivity contribution in [2.24, 2.45) is 17.8 Å². The van der Waals surface area contributed by atoms with Gasteiger partial charge >= 0.3 is 0 Å². The van der Waals surface area contributed by atoms with Gasteiger partial charge in [0.05, 0.1) is 6.04 Å². The van der Waals surface area contributed by atoms with E-state index >= 15 is 0 Å². The highest BCUT2D eigenvalue weighted by molar-refractivity contribution is 9.10. The summed E-state index contributed by atoms with van der Waals surface area (Å²) >= 11 is 9.42. The molecule has 0 aliphatic heterocycles. The molecule has 1 aromatic heterocycles. The van der Waals surface area contributed by atoms with Crippen LogP contribution < -0.4 is 5.32 Å². The molecule has 2 aliphatic rings. The fourth-order valence-electron chi connectivity index (χ4n) is 5.04. The van der Waals surface area contributed by atoms with E-state index in [0.29, 0.717) is 34.4 Å². The number of fused-ring (bicyclic) bond motifs is 2. The summed E-state index contributed by atoms with van der Waals surface area (Å²) in [6, 6.07) is 13.7. The number of hydrogen-bond donors (Lipinski definition) is 1. The Balaban J connectivity index is 1.23. The van der Waals surface area contributed by atoms with Gasteiger partial charge in [-0.2, -0.15) is 15.0 Å². The zero-order valence-corrected chi connectivity index (χ0v) is 18.4. The quantitative estimate of drug-likeness (QED) is 0.550. The summed E-state index contributed by atoms with van der Waals surface area (Å²) < 4.78 is 1.02. The van der Waals surface area contributed by atoms with Crippen LogP contribution in [0.3, 0.4) is 0 Å². The zero-order valence-electron chi connectivity index (χ0n) is 16.1. The normalized spacial score (nSPS) is 26.3. The second kappa shape index (κ2) is 7.40. The Labute approximate surface area is 182 Å². The summed E-state index contributed by atoms with van der Waals surface area (Å²) in [5.74, 6) is 1.85. The molecule has 0 bridgehead atoms. The maximum Gasteiger partial charge on any atom is 0.251 e. The molecule has 2 aliphatic carbocycles. The highest BCUT2D eigenvalue weighted by atomic mass is 79.9. The van der Waals surface area contributed by atoms with Crippen LogP contribution in [0.15, 0.2) is 46.9 Å². The van der Waals surface area contributed by atoms with Crippen LogP contribution in [0, 0.1) is 17.8 Å². The van der Waals surface area contributed by atoms with Crippen molar-refractivity contribution >= 4 is 44.5 Å². The van der Waals surface area contributed by atoms with Crippen molar-refractivity contribution in [1.82, 2.24) is 20.3 Å². The third kappa shape index (κ3) is 3.57. The van der Waals surface area contributed by atoms with Crippen LogP contribution in [0.25, 0.3) is 11.0 Å². The first-order valence-corrected chi connectivity index (χ1v) is 11.3. The molecule has 1 N–H and O–H groups in total. The Kier molecular flexibility index (Phi) is 4.87. The first-order chi connectivity index (χ1) is 14.0. The number of hydrogen-bond acceptors (Lipinski definition) is 3. The Bertz CT molecular complexity index is 1050. The summed E-state index contributed by atoms with van der Waals surface area (Å²) in [5, 5.41) is 13.3. The molecule has 0 radical (unpaired) electrons. The van der Waals surface area contributed by atoms with Gasteiger partial charge < -0.3 is 5.32 Å². The summed E-state index contributed by atoms with van der Waals surface area (Å²) in [4.78, 5) is 14.5. The van der Waals surface area contributed by atoms with E-state index in [-0.39, 0.29) is 11.9 Å². The first-order valence-electron chi connectivity index (χ1n) is 10.1. The van der Waals surface area contributed by atoms with Crippen LogP contribution in [0.5, 0.6) is 0 Å². The number of amides is 1. The molecule has 3 aromatic rings. The van der Waals surface area contributed by atoms with Gasteiger partial charge in [-0.3, -0.25) is 4.79 Å². The van der Waals surface area contributed by atoms with E-state index in [2.05, 4.69) is 33.3 Å². The molecule has 1 unspecified atom stereocenters. The number of nitrogens with one attached hydrogen (secondary N) is 1. The van der Waals surface area contributed by atoms with E-state index in [1.807, 2.05) is 23.0 Å². The molecule has 1 amide bonds. The van der Waals surface area contributed by atoms with Crippen molar-refractivity contribution in [2.45, 2.75) is 38.3 Å². The molecule has 5 nitrogen and oxygen atoms in total. The number of benzene rings is 2. The number of aromatic nitrogens is 3. The molecule has 2 aromatic carbocycles. The summed E-state index contributed by atoms with van der Waals surface area (Å²) in [5.41, 5.74) is 2.53. The fraction of sp³-hybridized carbons (Fsp3) is 0.409. The van der Waals surface area contributed by atoms with Gasteiger partial charge in [-0.1, -0.05) is 34.5 Å². The van der Waals surface area contributed by atoms with Gasteiger partial charge in [0.2, 0.25) is 0 Å². The predicted molar refractivity (Wildman–Crippen MR) is 117 cm³/mol. The zero-order chi connectivity index (χ0) is 20.1. The molecule has 0 spiro atoms. The van der Waals surface area contributed by atoms with Gasteiger partial charge in [-0.15, -0.1) is 0 Å². The minimum atomic E-state index is -0.0133. The lowest BCUT2D eigenvalue weighted by Gasteiger charge is -2.21. The van der Waals surface area contributed by atoms with Crippen LogP contribution in [0.1, 0.15) is 42.6 Å². The summed E-state index contributed by atoms with van der Waals surface area (Å²) in [6.45, 7) is 2.15. The van der Waals surface area contributed by atoms with E-state index in [1.165, 1.54) is 0 Å². The minimum Gasteiger partial charge on any atom is -0.349 e. The molecule has 29 heavy (non-hydrogen) atoms. The van der Waals surface area contributed by atoms with Gasteiger partial charge in [0.1, 0.15) is 11.0 Å². The van der Waals surface area contributed by atoms with Gasteiger partial charge in [-0.25, -0.2) is 0 Å². The summed E-state index contributed by atoms with van der Waals surface area (Å²) in [6.07, 6.45) is 3.12. The van der Waals surface area contributed by atoms with E-state index in [9.17, 15) is 4.79 Å². The van der Waals surface area contributed by atoms with Crippen LogP contribution >= 0.6 is 27.5 Å². The van der Waals surface area contributed by atoms with Gasteiger partial charge in [0.25, 0.3) is 5.91 Å². The lowest BCUT2D eigenvalue weighted by atomic mass is 9.99. The van der Waals surface area contributed by atoms with Gasteiger partial charge in [0.15, 0.2) is 0 Å². The van der Waals surface area contributed by atoms with Crippen molar-refractivity contribution in [1.29, 1.82) is 0 Å². The van der Waals surface area contributed by atoms with Crippen LogP contribution in [-0.2, 0) is 0 Å². The molecule has 2 fully saturated rings. The highest BCUT2D eigenvalue weighted by Gasteiger charge is 2.59. The van der Waals surface area contributed by atoms with Gasteiger partial charge in [0, 0.05) is 21.1 Å². The van der Waals surface area contributed by atoms with Crippen LogP contribution in [0.4, 0.5) is 0 Å². The van der Waals surface area contributed by atoms with E-state index in [4.69, 9.17) is 16.7 Å². The van der Waals surface area contributed by atoms with Crippen LogP contribution in [0.2, 0.25) is 5.02 Å². The molecule has 1 heterocycles. The molecular weight excluding hydrogens is 452 g/mol. The Morgan fingerprint density at radius 1 is 1.17 bits per heavy atom. The third-order valence-corrected chi connectivity index (χ3v) is 7.24. The minimum absolute atomic E-state index is 0.0133. The molecule has 150 valence electrons. The second-order valence-corrected chi connectivity index (χ2v) is 9.53. The largest absolute Gasteiger partial charge is 0.349 e. The number of nitrogens with zero attached hydrogens (tertiary/aromatic N) is 3. The van der Waals surface area contributed by atoms with Crippen LogP contribution in [-0.4, -0.2) is 26.9 Å². The predicted octanol–water partition coefficient (Wildman–Crippen LogP) is 5.25. The van der Waals surface area contributed by atoms with E-state index in [1.54, 1.807) is 24.3 Å². The molecule has 5 atom stereocenters. The number of halogens is 2. The first kappa shape index (κ1) is 19.1. The maximum absolute atomic E-state index is 12.6. The standard InChI is InChI=1S/C22H22BrClN4O/c1-2-18(25-22(29)12-3-6-14(24)7-4-12)21-16-10-15(11-17(16)21)28-26-19-8-5-13(23)9-20(19)27-28/h3-9,15-18,21H,2,10-11H2,1H3,(H,25,29)/t15-,16-,17+,18?,21+. The fourth-order valence-corrected chi connectivity index (χ4v) is 5.51. The number of carbonyl (C=O) groups excluding carboxylic acids is 1. The average Bonchev–Trinajstić information content (AvgIpc) is 3.06. The molecule has 2 saturated carbocycles. The highest BCUT2D eigenvalue weighted by Crippen LogP contribution is 2.62. The summed E-state index contributed by atoms with van der Waals surface area (Å²) in [7, 11) is 0. The molecule has 5 rings (SSSR count). The smallest absolute Gasteiger partial charge is 0.251 e. The van der Waals surface area contributed by atoms with Crippen molar-refractivity contribution < 1.29 is 4.79 Å². The van der Waals surface area contributed by atoms with Crippen molar-refractivity contribution in [3.63, 3.8) is 0 Å². The third-order valence-electron chi connectivity index (χ3n) is 6.50. The molecule has 0 saturated heterocycles. The molecular formula is C22H22BrClN4O. The lowest BCUT2D eigenvalue weighted by molar-refractivity contribution is 0.0926. The number of carbonyl (C=O) groups is 1. The van der Waals surface area contributed by atoms with Crippen molar-refractivity contribution in [3.8, 4) is 0 Å². The van der Waals surface area contributed by atoms with Crippen molar-refractivity contribution in [3.05, 3.63) is 57.5 Å². The maximum atomic E-state index is 12.6. The lowest BCUT2D eigenvalue weighted by Crippen LogP contribution is -2.37. The van der Waals surface area contributed by atoms with Crippen molar-refractivity contribution in [2.75, 3.05) is 0 Å². The van der Waals surface area contributed by atoms with Gasteiger partial charge in [-0.05, 0) is 79.5 Å².